The van der Waals surface area contributed by atoms with Gasteiger partial charge in [-0.05, 0) is 42.5 Å². The predicted molar refractivity (Wildman–Crippen MR) is 92.5 cm³/mol. The zero-order chi connectivity index (χ0) is 17.4. The summed E-state index contributed by atoms with van der Waals surface area (Å²) in [7, 11) is 1.60. The minimum absolute atomic E-state index is 0.194. The normalized spacial score (nSPS) is 20.6. The summed E-state index contributed by atoms with van der Waals surface area (Å²) in [5, 5.41) is 2.96. The number of rotatable bonds is 6. The Morgan fingerprint density at radius 1 is 1.21 bits per heavy atom. The standard InChI is InChI=1S/C19H25NO4/c1-14-5-3-4-6-17(14)20-18(21)13-24-19(22)12-9-15-7-10-16(23-2)11-8-15/h7-12,14,17H,3-6,13H2,1-2H3,(H,20,21). The van der Waals surface area contributed by atoms with Gasteiger partial charge in [-0.15, -0.1) is 0 Å². The average molecular weight is 331 g/mol. The number of hydrogen-bond acceptors (Lipinski definition) is 4. The monoisotopic (exact) mass is 331 g/mol. The highest BCUT2D eigenvalue weighted by atomic mass is 16.5. The number of methoxy groups -OCH3 is 1. The predicted octanol–water partition coefficient (Wildman–Crippen LogP) is 2.95. The molecule has 0 heterocycles. The van der Waals surface area contributed by atoms with E-state index in [0.717, 1.165) is 30.6 Å². The van der Waals surface area contributed by atoms with Crippen LogP contribution in [0, 0.1) is 5.92 Å². The van der Waals surface area contributed by atoms with Crippen molar-refractivity contribution >= 4 is 18.0 Å². The summed E-state index contributed by atoms with van der Waals surface area (Å²) in [4.78, 5) is 23.6. The van der Waals surface area contributed by atoms with Gasteiger partial charge < -0.3 is 14.8 Å². The van der Waals surface area contributed by atoms with E-state index in [4.69, 9.17) is 9.47 Å². The molecule has 24 heavy (non-hydrogen) atoms. The molecule has 0 bridgehead atoms. The molecule has 2 atom stereocenters. The van der Waals surface area contributed by atoms with E-state index in [1.54, 1.807) is 13.2 Å². The molecule has 0 aliphatic heterocycles. The Bertz CT molecular complexity index is 580. The quantitative estimate of drug-likeness (QED) is 0.643. The van der Waals surface area contributed by atoms with Gasteiger partial charge in [0.2, 0.25) is 0 Å². The molecule has 1 N–H and O–H groups in total. The third-order valence-electron chi connectivity index (χ3n) is 4.33. The van der Waals surface area contributed by atoms with Crippen LogP contribution in [0.15, 0.2) is 30.3 Å². The summed E-state index contributed by atoms with van der Waals surface area (Å²) in [6.45, 7) is 1.91. The van der Waals surface area contributed by atoms with Crippen molar-refractivity contribution in [1.29, 1.82) is 0 Å². The summed E-state index contributed by atoms with van der Waals surface area (Å²) in [5.41, 5.74) is 0.855. The van der Waals surface area contributed by atoms with Crippen LogP contribution in [0.1, 0.15) is 38.2 Å². The highest BCUT2D eigenvalue weighted by Gasteiger charge is 2.22. The fourth-order valence-electron chi connectivity index (χ4n) is 2.84. The molecule has 0 spiro atoms. The highest BCUT2D eigenvalue weighted by Crippen LogP contribution is 2.23. The molecule has 1 aromatic carbocycles. The summed E-state index contributed by atoms with van der Waals surface area (Å²) in [5.74, 6) is 0.467. The van der Waals surface area contributed by atoms with Gasteiger partial charge in [-0.1, -0.05) is 31.9 Å². The zero-order valence-corrected chi connectivity index (χ0v) is 14.3. The van der Waals surface area contributed by atoms with Crippen LogP contribution in [0.4, 0.5) is 0 Å². The summed E-state index contributed by atoms with van der Waals surface area (Å²) in [6, 6.07) is 7.48. The lowest BCUT2D eigenvalue weighted by Gasteiger charge is -2.29. The van der Waals surface area contributed by atoms with Crippen LogP contribution in [0.25, 0.3) is 6.08 Å². The van der Waals surface area contributed by atoms with Crippen molar-refractivity contribution < 1.29 is 19.1 Å². The van der Waals surface area contributed by atoms with Crippen LogP contribution in [0.2, 0.25) is 0 Å². The number of carbonyl (C=O) groups excluding carboxylic acids is 2. The lowest BCUT2D eigenvalue weighted by Crippen LogP contribution is -2.42. The molecule has 2 rings (SSSR count). The number of ether oxygens (including phenoxy) is 2. The molecule has 1 aliphatic rings. The van der Waals surface area contributed by atoms with Crippen LogP contribution >= 0.6 is 0 Å². The molecular weight excluding hydrogens is 306 g/mol. The van der Waals surface area contributed by atoms with Gasteiger partial charge in [0.15, 0.2) is 6.61 Å². The Morgan fingerprint density at radius 2 is 1.92 bits per heavy atom. The lowest BCUT2D eigenvalue weighted by molar-refractivity contribution is -0.144. The fraction of sp³-hybridized carbons (Fsp3) is 0.474. The zero-order valence-electron chi connectivity index (χ0n) is 14.3. The van der Waals surface area contributed by atoms with E-state index in [2.05, 4.69) is 12.2 Å². The molecule has 0 radical (unpaired) electrons. The molecule has 5 nitrogen and oxygen atoms in total. The third-order valence-corrected chi connectivity index (χ3v) is 4.33. The second kappa shape index (κ2) is 9.11. The molecule has 0 aromatic heterocycles. The maximum Gasteiger partial charge on any atom is 0.331 e. The van der Waals surface area contributed by atoms with Gasteiger partial charge in [0.1, 0.15) is 5.75 Å². The molecule has 2 unspecified atom stereocenters. The molecule has 1 aliphatic carbocycles. The van der Waals surface area contributed by atoms with E-state index in [9.17, 15) is 9.59 Å². The Hall–Kier alpha value is -2.30. The fourth-order valence-corrected chi connectivity index (χ4v) is 2.84. The minimum Gasteiger partial charge on any atom is -0.497 e. The first-order valence-corrected chi connectivity index (χ1v) is 8.36. The van der Waals surface area contributed by atoms with Crippen molar-refractivity contribution in [2.75, 3.05) is 13.7 Å². The maximum atomic E-state index is 11.9. The van der Waals surface area contributed by atoms with Crippen LogP contribution in [0.5, 0.6) is 5.75 Å². The maximum absolute atomic E-state index is 11.9. The Morgan fingerprint density at radius 3 is 2.58 bits per heavy atom. The molecule has 130 valence electrons. The molecule has 0 saturated heterocycles. The van der Waals surface area contributed by atoms with E-state index in [1.807, 2.05) is 24.3 Å². The smallest absolute Gasteiger partial charge is 0.331 e. The SMILES string of the molecule is COc1ccc(C=CC(=O)OCC(=O)NC2CCCCC2C)cc1. The molecule has 1 amide bonds. The van der Waals surface area contributed by atoms with Crippen molar-refractivity contribution in [2.45, 2.75) is 38.6 Å². The van der Waals surface area contributed by atoms with Gasteiger partial charge in [-0.3, -0.25) is 4.79 Å². The summed E-state index contributed by atoms with van der Waals surface area (Å²) >= 11 is 0. The largest absolute Gasteiger partial charge is 0.497 e. The number of nitrogens with one attached hydrogen (secondary N) is 1. The van der Waals surface area contributed by atoms with E-state index in [1.165, 1.54) is 12.5 Å². The van der Waals surface area contributed by atoms with Gasteiger partial charge in [-0.2, -0.15) is 0 Å². The lowest BCUT2D eigenvalue weighted by atomic mass is 9.86. The highest BCUT2D eigenvalue weighted by molar-refractivity contribution is 5.89. The van der Waals surface area contributed by atoms with Crippen LogP contribution in [-0.2, 0) is 14.3 Å². The topological polar surface area (TPSA) is 64.6 Å². The second-order valence-corrected chi connectivity index (χ2v) is 6.15. The van der Waals surface area contributed by atoms with Crippen LogP contribution in [-0.4, -0.2) is 31.6 Å². The molecular formula is C19H25NO4. The Kier molecular flexibility index (Phi) is 6.85. The van der Waals surface area contributed by atoms with E-state index < -0.39 is 5.97 Å². The van der Waals surface area contributed by atoms with E-state index >= 15 is 0 Å². The van der Waals surface area contributed by atoms with E-state index in [-0.39, 0.29) is 18.6 Å². The first-order valence-electron chi connectivity index (χ1n) is 8.36. The third kappa shape index (κ3) is 5.72. The number of hydrogen-bond donors (Lipinski definition) is 1. The average Bonchev–Trinajstić information content (AvgIpc) is 2.60. The van der Waals surface area contributed by atoms with E-state index in [0.29, 0.717) is 5.92 Å². The van der Waals surface area contributed by atoms with Crippen LogP contribution in [0.3, 0.4) is 0 Å². The number of carbonyl (C=O) groups is 2. The van der Waals surface area contributed by atoms with Gasteiger partial charge in [-0.25, -0.2) is 4.79 Å². The van der Waals surface area contributed by atoms with Crippen molar-refractivity contribution in [3.63, 3.8) is 0 Å². The molecule has 5 heteroatoms. The Balaban J connectivity index is 1.73. The molecule has 1 aromatic rings. The molecule has 1 saturated carbocycles. The number of esters is 1. The van der Waals surface area contributed by atoms with Gasteiger partial charge >= 0.3 is 5.97 Å². The van der Waals surface area contributed by atoms with Crippen molar-refractivity contribution in [2.24, 2.45) is 5.92 Å². The summed E-state index contributed by atoms with van der Waals surface area (Å²) in [6.07, 6.45) is 7.45. The number of amides is 1. The second-order valence-electron chi connectivity index (χ2n) is 6.15. The van der Waals surface area contributed by atoms with Gasteiger partial charge in [0.05, 0.1) is 7.11 Å². The van der Waals surface area contributed by atoms with Crippen LogP contribution < -0.4 is 10.1 Å². The molecule has 1 fully saturated rings. The minimum atomic E-state index is -0.530. The number of benzene rings is 1. The van der Waals surface area contributed by atoms with Crippen molar-refractivity contribution in [1.82, 2.24) is 5.32 Å². The summed E-state index contributed by atoms with van der Waals surface area (Å²) < 4.78 is 10.1. The van der Waals surface area contributed by atoms with Crippen molar-refractivity contribution in [3.05, 3.63) is 35.9 Å². The Labute approximate surface area is 143 Å². The van der Waals surface area contributed by atoms with Crippen molar-refractivity contribution in [3.8, 4) is 5.75 Å². The van der Waals surface area contributed by atoms with Gasteiger partial charge in [0, 0.05) is 12.1 Å². The first-order chi connectivity index (χ1) is 11.6. The first kappa shape index (κ1) is 18.0. The van der Waals surface area contributed by atoms with Gasteiger partial charge in [0.25, 0.3) is 5.91 Å².